The van der Waals surface area contributed by atoms with Gasteiger partial charge in [-0.2, -0.15) is 0 Å². The summed E-state index contributed by atoms with van der Waals surface area (Å²) in [6, 6.07) is 14.5. The Balaban J connectivity index is 1.31. The van der Waals surface area contributed by atoms with Crippen molar-refractivity contribution in [3.63, 3.8) is 0 Å². The van der Waals surface area contributed by atoms with Crippen LogP contribution in [0.5, 0.6) is 5.75 Å². The second kappa shape index (κ2) is 8.31. The van der Waals surface area contributed by atoms with Gasteiger partial charge in [-0.05, 0) is 74.2 Å². The lowest BCUT2D eigenvalue weighted by Crippen LogP contribution is -2.51. The highest BCUT2D eigenvalue weighted by molar-refractivity contribution is 5.83. The van der Waals surface area contributed by atoms with E-state index in [0.29, 0.717) is 6.61 Å². The smallest absolute Gasteiger partial charge is 0.226 e. The predicted octanol–water partition coefficient (Wildman–Crippen LogP) is 3.90. The van der Waals surface area contributed by atoms with Gasteiger partial charge in [-0.1, -0.05) is 24.3 Å². The number of hydrogen-bond donors (Lipinski definition) is 1. The van der Waals surface area contributed by atoms with E-state index in [0.717, 1.165) is 63.2 Å². The molecule has 1 spiro atoms. The summed E-state index contributed by atoms with van der Waals surface area (Å²) in [7, 11) is 0. The number of likely N-dealkylation sites (tertiary alicyclic amines) is 1. The summed E-state index contributed by atoms with van der Waals surface area (Å²) >= 11 is 0. The number of carbonyl (C=O) groups excluding carboxylic acids is 1. The Bertz CT molecular complexity index is 814. The van der Waals surface area contributed by atoms with Gasteiger partial charge in [0.25, 0.3) is 0 Å². The molecular weight excluding hydrogens is 355 g/mol. The second-order valence-corrected chi connectivity index (χ2v) is 7.98. The van der Waals surface area contributed by atoms with Gasteiger partial charge in [-0.25, -0.2) is 4.39 Å². The molecule has 0 atom stereocenters. The van der Waals surface area contributed by atoms with Crippen molar-refractivity contribution in [2.24, 2.45) is 5.41 Å². The zero-order chi connectivity index (χ0) is 19.4. The molecule has 1 N–H and O–H groups in total. The van der Waals surface area contributed by atoms with Gasteiger partial charge in [0.05, 0.1) is 5.41 Å². The standard InChI is InChI=1S/C23H27FN2O2/c24-20-7-5-18(6-8-20)17-28-21-4-1-3-19(15-21)16-26-13-10-23(11-14-26)9-2-12-25-22(23)27/h1,3-8,15H,2,9-14,16-17H2,(H,25,27). The number of piperidine rings is 2. The molecule has 2 aliphatic rings. The van der Waals surface area contributed by atoms with Gasteiger partial charge < -0.3 is 10.1 Å². The molecule has 148 valence electrons. The van der Waals surface area contributed by atoms with Gasteiger partial charge in [-0.15, -0.1) is 0 Å². The van der Waals surface area contributed by atoms with E-state index in [4.69, 9.17) is 4.74 Å². The Morgan fingerprint density at radius 2 is 1.82 bits per heavy atom. The van der Waals surface area contributed by atoms with Crippen molar-refractivity contribution in [3.8, 4) is 5.75 Å². The fourth-order valence-corrected chi connectivity index (χ4v) is 4.29. The Morgan fingerprint density at radius 1 is 1.04 bits per heavy atom. The van der Waals surface area contributed by atoms with E-state index in [1.54, 1.807) is 12.1 Å². The molecule has 2 saturated heterocycles. The molecule has 0 radical (unpaired) electrons. The van der Waals surface area contributed by atoms with Gasteiger partial charge in [0.2, 0.25) is 5.91 Å². The minimum atomic E-state index is -0.236. The molecule has 0 aromatic heterocycles. The average molecular weight is 382 g/mol. The second-order valence-electron chi connectivity index (χ2n) is 7.98. The molecule has 2 aliphatic heterocycles. The quantitative estimate of drug-likeness (QED) is 0.853. The van der Waals surface area contributed by atoms with Crippen LogP contribution in [0.4, 0.5) is 4.39 Å². The normalized spacial score (nSPS) is 19.4. The molecular formula is C23H27FN2O2. The third-order valence-corrected chi connectivity index (χ3v) is 6.04. The van der Waals surface area contributed by atoms with E-state index in [1.165, 1.54) is 17.7 Å². The number of halogens is 1. The molecule has 2 fully saturated rings. The third kappa shape index (κ3) is 4.36. The van der Waals surface area contributed by atoms with Crippen LogP contribution in [0.2, 0.25) is 0 Å². The molecule has 0 aliphatic carbocycles. The predicted molar refractivity (Wildman–Crippen MR) is 106 cm³/mol. The van der Waals surface area contributed by atoms with Crippen molar-refractivity contribution in [2.45, 2.75) is 38.8 Å². The zero-order valence-corrected chi connectivity index (χ0v) is 16.1. The number of rotatable bonds is 5. The molecule has 0 bridgehead atoms. The van der Waals surface area contributed by atoms with Crippen molar-refractivity contribution < 1.29 is 13.9 Å². The van der Waals surface area contributed by atoms with Crippen LogP contribution in [0.15, 0.2) is 48.5 Å². The molecule has 0 unspecified atom stereocenters. The molecule has 0 saturated carbocycles. The SMILES string of the molecule is O=C1NCCCC12CCN(Cc1cccc(OCc3ccc(F)cc3)c1)CC2. The number of ether oxygens (including phenoxy) is 1. The summed E-state index contributed by atoms with van der Waals surface area (Å²) < 4.78 is 18.9. The van der Waals surface area contributed by atoms with Crippen LogP contribution in [0.3, 0.4) is 0 Å². The average Bonchev–Trinajstić information content (AvgIpc) is 2.72. The van der Waals surface area contributed by atoms with Crippen molar-refractivity contribution >= 4 is 5.91 Å². The monoisotopic (exact) mass is 382 g/mol. The highest BCUT2D eigenvalue weighted by Gasteiger charge is 2.42. The summed E-state index contributed by atoms with van der Waals surface area (Å²) in [6.45, 7) is 4.02. The first-order valence-corrected chi connectivity index (χ1v) is 10.1. The zero-order valence-electron chi connectivity index (χ0n) is 16.1. The van der Waals surface area contributed by atoms with Gasteiger partial charge >= 0.3 is 0 Å². The molecule has 2 aromatic carbocycles. The molecule has 5 heteroatoms. The largest absolute Gasteiger partial charge is 0.489 e. The summed E-state index contributed by atoms with van der Waals surface area (Å²) in [5, 5.41) is 3.05. The van der Waals surface area contributed by atoms with E-state index in [9.17, 15) is 9.18 Å². The lowest BCUT2D eigenvalue weighted by atomic mass is 9.72. The highest BCUT2D eigenvalue weighted by Crippen LogP contribution is 2.38. The first-order chi connectivity index (χ1) is 13.6. The number of hydrogen-bond acceptors (Lipinski definition) is 3. The number of carbonyl (C=O) groups is 1. The topological polar surface area (TPSA) is 41.6 Å². The van der Waals surface area contributed by atoms with E-state index >= 15 is 0 Å². The lowest BCUT2D eigenvalue weighted by molar-refractivity contribution is -0.136. The Hall–Kier alpha value is -2.40. The van der Waals surface area contributed by atoms with Crippen LogP contribution >= 0.6 is 0 Å². The van der Waals surface area contributed by atoms with Crippen LogP contribution in [0, 0.1) is 11.2 Å². The number of benzene rings is 2. The van der Waals surface area contributed by atoms with Gasteiger partial charge in [0, 0.05) is 13.1 Å². The Labute approximate surface area is 165 Å². The Kier molecular flexibility index (Phi) is 5.62. The minimum absolute atomic E-state index is 0.130. The van der Waals surface area contributed by atoms with Gasteiger partial charge in [0.15, 0.2) is 0 Å². The molecule has 28 heavy (non-hydrogen) atoms. The van der Waals surface area contributed by atoms with E-state index in [-0.39, 0.29) is 17.1 Å². The molecule has 4 nitrogen and oxygen atoms in total. The van der Waals surface area contributed by atoms with Crippen molar-refractivity contribution in [3.05, 3.63) is 65.5 Å². The van der Waals surface area contributed by atoms with Crippen molar-refractivity contribution in [1.29, 1.82) is 0 Å². The summed E-state index contributed by atoms with van der Waals surface area (Å²) in [5.74, 6) is 0.844. The van der Waals surface area contributed by atoms with Crippen LogP contribution in [0.25, 0.3) is 0 Å². The minimum Gasteiger partial charge on any atom is -0.489 e. The van der Waals surface area contributed by atoms with Gasteiger partial charge in [0.1, 0.15) is 18.2 Å². The highest BCUT2D eigenvalue weighted by atomic mass is 19.1. The third-order valence-electron chi connectivity index (χ3n) is 6.04. The van der Waals surface area contributed by atoms with Crippen LogP contribution < -0.4 is 10.1 Å². The summed E-state index contributed by atoms with van der Waals surface area (Å²) in [5.41, 5.74) is 2.02. The fraction of sp³-hybridized carbons (Fsp3) is 0.435. The van der Waals surface area contributed by atoms with Gasteiger partial charge in [-0.3, -0.25) is 9.69 Å². The first-order valence-electron chi connectivity index (χ1n) is 10.1. The number of nitrogens with zero attached hydrogens (tertiary/aromatic N) is 1. The maximum absolute atomic E-state index is 13.0. The maximum atomic E-state index is 13.0. The van der Waals surface area contributed by atoms with Crippen molar-refractivity contribution in [1.82, 2.24) is 10.2 Å². The van der Waals surface area contributed by atoms with Crippen molar-refractivity contribution in [2.75, 3.05) is 19.6 Å². The summed E-state index contributed by atoms with van der Waals surface area (Å²) in [6.07, 6.45) is 4.01. The molecule has 1 amide bonds. The first kappa shape index (κ1) is 18.9. The number of amides is 1. The van der Waals surface area contributed by atoms with E-state index in [1.807, 2.05) is 12.1 Å². The van der Waals surface area contributed by atoms with E-state index < -0.39 is 0 Å². The fourth-order valence-electron chi connectivity index (χ4n) is 4.29. The molecule has 2 aromatic rings. The van der Waals surface area contributed by atoms with E-state index in [2.05, 4.69) is 22.3 Å². The van der Waals surface area contributed by atoms with Crippen LogP contribution in [-0.2, 0) is 17.9 Å². The number of nitrogens with one attached hydrogen (secondary N) is 1. The Morgan fingerprint density at radius 3 is 2.57 bits per heavy atom. The molecule has 4 rings (SSSR count). The van der Waals surface area contributed by atoms with Crippen LogP contribution in [-0.4, -0.2) is 30.4 Å². The lowest BCUT2D eigenvalue weighted by Gasteiger charge is -2.42. The molecule has 2 heterocycles. The summed E-state index contributed by atoms with van der Waals surface area (Å²) in [4.78, 5) is 14.7. The van der Waals surface area contributed by atoms with Crippen LogP contribution in [0.1, 0.15) is 36.8 Å². The maximum Gasteiger partial charge on any atom is 0.226 e.